The average molecular weight is 561 g/mol. The van der Waals surface area contributed by atoms with Crippen LogP contribution in [0.2, 0.25) is 0 Å². The number of furan rings is 1. The van der Waals surface area contributed by atoms with Gasteiger partial charge in [0.2, 0.25) is 5.91 Å². The lowest BCUT2D eigenvalue weighted by Crippen LogP contribution is -2.22. The zero-order valence-electron chi connectivity index (χ0n) is 21.5. The number of thioether (sulfide) groups is 1. The molecule has 0 spiro atoms. The number of aromatic carboxylic acids is 1. The summed E-state index contributed by atoms with van der Waals surface area (Å²) in [5.41, 5.74) is 8.75. The second-order valence-electron chi connectivity index (χ2n) is 8.83. The fourth-order valence-electron chi connectivity index (χ4n) is 4.24. The summed E-state index contributed by atoms with van der Waals surface area (Å²) in [6.45, 7) is 1.66. The second-order valence-corrected chi connectivity index (χ2v) is 10.2. The highest BCUT2D eigenvalue weighted by atomic mass is 32.2. The van der Waals surface area contributed by atoms with E-state index in [-0.39, 0.29) is 39.0 Å². The van der Waals surface area contributed by atoms with Crippen molar-refractivity contribution < 1.29 is 19.1 Å². The fourth-order valence-corrected chi connectivity index (χ4v) is 5.16. The molecule has 200 valence electrons. The molecule has 0 aliphatic heterocycles. The minimum absolute atomic E-state index is 0.0226. The number of carboxylic acids is 1. The standard InChI is InChI=1S/C30H20N6O4S/c1-16(41-29-22(15-32)26(25-7-4-12-40-25)21(14-31)27(33)36-29)28(37)34-18-10-8-17(9-11-18)24-13-20(30(38)39)19-5-2-3-6-23(19)35-24/h2-13,16H,1H3,(H2,33,36)(H,34,37)(H,38,39). The number of fused-ring (bicyclic) bond motifs is 1. The lowest BCUT2D eigenvalue weighted by molar-refractivity contribution is -0.115. The summed E-state index contributed by atoms with van der Waals surface area (Å²) in [6, 6.07) is 22.7. The van der Waals surface area contributed by atoms with Crippen LogP contribution in [-0.4, -0.2) is 32.2 Å². The SMILES string of the molecule is CC(Sc1nc(N)c(C#N)c(-c2ccco2)c1C#N)C(=O)Nc1ccc(-c2cc(C(=O)O)c3ccccc3n2)cc1. The Hall–Kier alpha value is -5.65. The van der Waals surface area contributed by atoms with Gasteiger partial charge in [-0.3, -0.25) is 4.79 Å². The van der Waals surface area contributed by atoms with Gasteiger partial charge in [-0.15, -0.1) is 0 Å². The molecular weight excluding hydrogens is 540 g/mol. The molecule has 5 rings (SSSR count). The predicted molar refractivity (Wildman–Crippen MR) is 154 cm³/mol. The van der Waals surface area contributed by atoms with Crippen molar-refractivity contribution in [2.24, 2.45) is 0 Å². The van der Waals surface area contributed by atoms with E-state index in [1.807, 2.05) is 6.07 Å². The summed E-state index contributed by atoms with van der Waals surface area (Å²) >= 11 is 1.03. The van der Waals surface area contributed by atoms with Crippen LogP contribution in [0.3, 0.4) is 0 Å². The van der Waals surface area contributed by atoms with Crippen molar-refractivity contribution in [3.8, 4) is 34.7 Å². The van der Waals surface area contributed by atoms with E-state index in [4.69, 9.17) is 10.2 Å². The first kappa shape index (κ1) is 26.9. The number of pyridine rings is 2. The normalized spacial score (nSPS) is 11.4. The van der Waals surface area contributed by atoms with Crippen molar-refractivity contribution in [2.45, 2.75) is 17.2 Å². The Morgan fingerprint density at radius 1 is 1.02 bits per heavy atom. The van der Waals surface area contributed by atoms with Crippen LogP contribution in [0, 0.1) is 22.7 Å². The van der Waals surface area contributed by atoms with Crippen molar-refractivity contribution in [1.29, 1.82) is 10.5 Å². The third kappa shape index (κ3) is 5.30. The number of nitrogens with zero attached hydrogens (tertiary/aromatic N) is 4. The lowest BCUT2D eigenvalue weighted by Gasteiger charge is -2.15. The molecule has 0 fully saturated rings. The van der Waals surface area contributed by atoms with E-state index in [1.165, 1.54) is 12.3 Å². The van der Waals surface area contributed by atoms with Crippen LogP contribution in [0.4, 0.5) is 11.5 Å². The summed E-state index contributed by atoms with van der Waals surface area (Å²) in [5.74, 6) is -1.18. The van der Waals surface area contributed by atoms with Gasteiger partial charge in [-0.25, -0.2) is 14.8 Å². The number of rotatable bonds is 7. The number of nitrogens with two attached hydrogens (primary N) is 1. The minimum atomic E-state index is -1.05. The Balaban J connectivity index is 1.36. The van der Waals surface area contributed by atoms with Crippen LogP contribution in [-0.2, 0) is 4.79 Å². The Labute approximate surface area is 238 Å². The summed E-state index contributed by atoms with van der Waals surface area (Å²) < 4.78 is 5.42. The molecular formula is C30H20N6O4S. The summed E-state index contributed by atoms with van der Waals surface area (Å²) in [5, 5.41) is 32.0. The Morgan fingerprint density at radius 2 is 1.76 bits per heavy atom. The Morgan fingerprint density at radius 3 is 2.41 bits per heavy atom. The molecule has 41 heavy (non-hydrogen) atoms. The number of amides is 1. The van der Waals surface area contributed by atoms with Crippen molar-refractivity contribution in [1.82, 2.24) is 9.97 Å². The highest BCUT2D eigenvalue weighted by Gasteiger charge is 2.25. The first-order chi connectivity index (χ1) is 19.8. The first-order valence-electron chi connectivity index (χ1n) is 12.2. The lowest BCUT2D eigenvalue weighted by atomic mass is 10.0. The molecule has 0 bridgehead atoms. The van der Waals surface area contributed by atoms with Crippen LogP contribution in [0.25, 0.3) is 33.5 Å². The molecule has 3 aromatic heterocycles. The molecule has 4 N–H and O–H groups in total. The number of anilines is 2. The second kappa shape index (κ2) is 11.2. The summed E-state index contributed by atoms with van der Waals surface area (Å²) in [4.78, 5) is 33.7. The zero-order chi connectivity index (χ0) is 29.1. The maximum Gasteiger partial charge on any atom is 0.336 e. The highest BCUT2D eigenvalue weighted by molar-refractivity contribution is 8.00. The van der Waals surface area contributed by atoms with Gasteiger partial charge < -0.3 is 20.6 Å². The minimum Gasteiger partial charge on any atom is -0.478 e. The number of aromatic nitrogens is 2. The monoisotopic (exact) mass is 560 g/mol. The van der Waals surface area contributed by atoms with E-state index in [2.05, 4.69) is 21.4 Å². The third-order valence-corrected chi connectivity index (χ3v) is 7.32. The van der Waals surface area contributed by atoms with Crippen LogP contribution >= 0.6 is 11.8 Å². The Kier molecular flexibility index (Phi) is 7.37. The van der Waals surface area contributed by atoms with E-state index < -0.39 is 11.2 Å². The van der Waals surface area contributed by atoms with Gasteiger partial charge in [0.15, 0.2) is 0 Å². The molecule has 0 radical (unpaired) electrons. The van der Waals surface area contributed by atoms with Crippen LogP contribution in [0.5, 0.6) is 0 Å². The topological polar surface area (TPSA) is 179 Å². The van der Waals surface area contributed by atoms with E-state index in [0.717, 1.165) is 11.8 Å². The molecule has 0 saturated heterocycles. The van der Waals surface area contributed by atoms with E-state index in [1.54, 1.807) is 67.6 Å². The third-order valence-electron chi connectivity index (χ3n) is 6.24. The fraction of sp³-hybridized carbons (Fsp3) is 0.0667. The molecule has 10 nitrogen and oxygen atoms in total. The molecule has 11 heteroatoms. The number of hydrogen-bond donors (Lipinski definition) is 3. The van der Waals surface area contributed by atoms with Gasteiger partial charge >= 0.3 is 5.97 Å². The number of carbonyl (C=O) groups is 2. The van der Waals surface area contributed by atoms with Gasteiger partial charge in [0.05, 0.1) is 39.4 Å². The van der Waals surface area contributed by atoms with Gasteiger partial charge in [-0.2, -0.15) is 10.5 Å². The number of nitrogen functional groups attached to an aromatic ring is 1. The van der Waals surface area contributed by atoms with Gasteiger partial charge in [0.1, 0.15) is 34.3 Å². The molecule has 5 aromatic rings. The van der Waals surface area contributed by atoms with Crippen molar-refractivity contribution in [3.05, 3.63) is 89.7 Å². The maximum absolute atomic E-state index is 13.0. The van der Waals surface area contributed by atoms with E-state index in [0.29, 0.717) is 33.6 Å². The van der Waals surface area contributed by atoms with Crippen molar-refractivity contribution >= 4 is 46.0 Å². The van der Waals surface area contributed by atoms with Gasteiger partial charge in [0, 0.05) is 16.6 Å². The molecule has 0 saturated carbocycles. The number of hydrogen-bond acceptors (Lipinski definition) is 9. The number of carboxylic acid groups (broad SMARTS) is 1. The molecule has 3 heterocycles. The number of para-hydroxylation sites is 1. The largest absolute Gasteiger partial charge is 0.478 e. The zero-order valence-corrected chi connectivity index (χ0v) is 22.3. The van der Waals surface area contributed by atoms with Gasteiger partial charge in [0.25, 0.3) is 0 Å². The maximum atomic E-state index is 13.0. The van der Waals surface area contributed by atoms with E-state index >= 15 is 0 Å². The molecule has 0 aliphatic rings. The van der Waals surface area contributed by atoms with Crippen LogP contribution < -0.4 is 11.1 Å². The van der Waals surface area contributed by atoms with Crippen LogP contribution in [0.1, 0.15) is 28.4 Å². The molecule has 0 aliphatic carbocycles. The average Bonchev–Trinajstić information content (AvgIpc) is 3.51. The number of nitrogens with one attached hydrogen (secondary N) is 1. The number of nitriles is 2. The summed E-state index contributed by atoms with van der Waals surface area (Å²) in [7, 11) is 0. The first-order valence-corrected chi connectivity index (χ1v) is 13.1. The van der Waals surface area contributed by atoms with E-state index in [9.17, 15) is 25.2 Å². The summed E-state index contributed by atoms with van der Waals surface area (Å²) in [6.07, 6.45) is 1.42. The quantitative estimate of drug-likeness (QED) is 0.209. The van der Waals surface area contributed by atoms with Crippen molar-refractivity contribution in [3.63, 3.8) is 0 Å². The highest BCUT2D eigenvalue weighted by Crippen LogP contribution is 2.37. The number of benzene rings is 2. The smallest absolute Gasteiger partial charge is 0.336 e. The Bertz CT molecular complexity index is 1890. The molecule has 1 amide bonds. The number of carbonyl (C=O) groups excluding carboxylic acids is 1. The van der Waals surface area contributed by atoms with Crippen molar-refractivity contribution in [2.75, 3.05) is 11.1 Å². The van der Waals surface area contributed by atoms with Gasteiger partial charge in [-0.1, -0.05) is 42.1 Å². The molecule has 2 aromatic carbocycles. The molecule has 1 atom stereocenters. The van der Waals surface area contributed by atoms with Gasteiger partial charge in [-0.05, 0) is 43.3 Å². The van der Waals surface area contributed by atoms with Crippen LogP contribution in [0.15, 0.2) is 82.4 Å². The predicted octanol–water partition coefficient (Wildman–Crippen LogP) is 5.70. The molecule has 1 unspecified atom stereocenters.